The normalized spacial score (nSPS) is 20.9. The van der Waals surface area contributed by atoms with Gasteiger partial charge in [0, 0.05) is 25.2 Å². The lowest BCUT2D eigenvalue weighted by atomic mass is 9.80. The second-order valence-corrected chi connectivity index (χ2v) is 10.3. The van der Waals surface area contributed by atoms with Crippen molar-refractivity contribution in [3.8, 4) is 6.07 Å². The predicted molar refractivity (Wildman–Crippen MR) is 139 cm³/mol. The molecule has 0 radical (unpaired) electrons. The molecule has 1 spiro atoms. The van der Waals surface area contributed by atoms with Gasteiger partial charge in [0.05, 0.1) is 11.5 Å². The van der Waals surface area contributed by atoms with Crippen LogP contribution < -0.4 is 5.32 Å². The van der Waals surface area contributed by atoms with Gasteiger partial charge in [0.1, 0.15) is 18.7 Å². The van der Waals surface area contributed by atoms with E-state index < -0.39 is 23.6 Å². The number of hydrogen-bond donors (Lipinski definition) is 1. The highest BCUT2D eigenvalue weighted by atomic mass is 16.6. The first kappa shape index (κ1) is 26.2. The van der Waals surface area contributed by atoms with Gasteiger partial charge in [-0.15, -0.1) is 0 Å². The Bertz CT molecular complexity index is 1190. The van der Waals surface area contributed by atoms with Gasteiger partial charge >= 0.3 is 6.09 Å². The molecule has 0 bridgehead atoms. The number of benzene rings is 2. The van der Waals surface area contributed by atoms with Crippen LogP contribution in [0.5, 0.6) is 0 Å². The van der Waals surface area contributed by atoms with Gasteiger partial charge in [-0.1, -0.05) is 69.3 Å². The number of carbonyl (C=O) groups excluding carboxylic acids is 3. The second kappa shape index (κ2) is 11.0. The maximum absolute atomic E-state index is 14.1. The van der Waals surface area contributed by atoms with Crippen molar-refractivity contribution in [2.45, 2.75) is 64.1 Å². The molecule has 2 aromatic carbocycles. The highest BCUT2D eigenvalue weighted by Gasteiger charge is 2.56. The molecule has 2 heterocycles. The van der Waals surface area contributed by atoms with Crippen LogP contribution in [0, 0.1) is 17.2 Å². The van der Waals surface area contributed by atoms with Crippen LogP contribution >= 0.6 is 0 Å². The number of para-hydroxylation sites is 1. The van der Waals surface area contributed by atoms with Crippen molar-refractivity contribution >= 4 is 23.6 Å². The fraction of sp³-hybridized carbons (Fsp3) is 0.448. The topological polar surface area (TPSA) is 103 Å². The second-order valence-electron chi connectivity index (χ2n) is 10.3. The summed E-state index contributed by atoms with van der Waals surface area (Å²) in [6, 6.07) is 17.5. The number of likely N-dealkylation sites (tertiary alicyclic amines) is 1. The van der Waals surface area contributed by atoms with Gasteiger partial charge in [0.25, 0.3) is 0 Å². The Morgan fingerprint density at radius 1 is 1.19 bits per heavy atom. The predicted octanol–water partition coefficient (Wildman–Crippen LogP) is 4.46. The van der Waals surface area contributed by atoms with E-state index in [-0.39, 0.29) is 37.3 Å². The zero-order valence-electron chi connectivity index (χ0n) is 21.6. The molecular weight excluding hydrogens is 468 g/mol. The van der Waals surface area contributed by atoms with E-state index >= 15 is 0 Å². The maximum atomic E-state index is 14.1. The zero-order valence-corrected chi connectivity index (χ0v) is 21.6. The molecular formula is C29H34N4O4. The summed E-state index contributed by atoms with van der Waals surface area (Å²) in [5, 5.41) is 12.9. The minimum absolute atomic E-state index is 0.0977. The molecule has 8 nitrogen and oxygen atoms in total. The number of anilines is 1. The van der Waals surface area contributed by atoms with Crippen LogP contribution in [0.3, 0.4) is 0 Å². The number of carbonyl (C=O) groups is 3. The number of ether oxygens (including phenoxy) is 1. The Kier molecular flexibility index (Phi) is 7.82. The third-order valence-corrected chi connectivity index (χ3v) is 7.18. The first-order chi connectivity index (χ1) is 17.8. The van der Waals surface area contributed by atoms with Crippen LogP contribution in [-0.4, -0.2) is 52.9 Å². The molecule has 0 aromatic heterocycles. The van der Waals surface area contributed by atoms with Gasteiger partial charge < -0.3 is 15.0 Å². The summed E-state index contributed by atoms with van der Waals surface area (Å²) in [6.07, 6.45) is 0.725. The van der Waals surface area contributed by atoms with Crippen molar-refractivity contribution in [2.75, 3.05) is 18.4 Å². The standard InChI is InChI=1S/C29H34N4O4/c1-4-14-32(28(36)37-18-21-10-6-5-7-11-21)25(15-20(2)3)26(34)33-19-29(16-22(33)17-30)23-12-8-9-13-24(23)31-27(29)35/h5-13,20,22,25H,4,14-16,18-19H2,1-3H3,(H,31,35)/t22?,25-,29-/m0/s1. The number of amides is 3. The molecule has 1 saturated heterocycles. The summed E-state index contributed by atoms with van der Waals surface area (Å²) in [5.41, 5.74) is 1.41. The fourth-order valence-electron chi connectivity index (χ4n) is 5.40. The monoisotopic (exact) mass is 502 g/mol. The van der Waals surface area contributed by atoms with Crippen molar-refractivity contribution < 1.29 is 19.1 Å². The van der Waals surface area contributed by atoms with Crippen LogP contribution in [0.25, 0.3) is 0 Å². The third-order valence-electron chi connectivity index (χ3n) is 7.18. The number of rotatable bonds is 8. The van der Waals surface area contributed by atoms with Gasteiger partial charge in [-0.3, -0.25) is 14.5 Å². The maximum Gasteiger partial charge on any atom is 0.410 e. The summed E-state index contributed by atoms with van der Waals surface area (Å²) in [7, 11) is 0. The van der Waals surface area contributed by atoms with Gasteiger partial charge in [0.15, 0.2) is 0 Å². The van der Waals surface area contributed by atoms with Crippen molar-refractivity contribution in [2.24, 2.45) is 5.92 Å². The highest BCUT2D eigenvalue weighted by Crippen LogP contribution is 2.46. The third kappa shape index (κ3) is 5.17. The Balaban J connectivity index is 1.61. The van der Waals surface area contributed by atoms with E-state index in [0.717, 1.165) is 11.1 Å². The molecule has 1 N–H and O–H groups in total. The summed E-state index contributed by atoms with van der Waals surface area (Å²) in [6.45, 7) is 6.47. The van der Waals surface area contributed by atoms with Crippen LogP contribution in [0.1, 0.15) is 51.2 Å². The van der Waals surface area contributed by atoms with E-state index in [9.17, 15) is 19.6 Å². The summed E-state index contributed by atoms with van der Waals surface area (Å²) >= 11 is 0. The van der Waals surface area contributed by atoms with E-state index in [1.807, 2.05) is 75.4 Å². The lowest BCUT2D eigenvalue weighted by Gasteiger charge is -2.34. The average Bonchev–Trinajstić information content (AvgIpc) is 3.42. The number of hydrogen-bond acceptors (Lipinski definition) is 5. The summed E-state index contributed by atoms with van der Waals surface area (Å²) in [5.74, 6) is -0.403. The van der Waals surface area contributed by atoms with Crippen LogP contribution in [0.4, 0.5) is 10.5 Å². The largest absolute Gasteiger partial charge is 0.445 e. The zero-order chi connectivity index (χ0) is 26.6. The van der Waals surface area contributed by atoms with Gasteiger partial charge in [-0.2, -0.15) is 5.26 Å². The lowest BCUT2D eigenvalue weighted by Crippen LogP contribution is -2.53. The molecule has 1 unspecified atom stereocenters. The van der Waals surface area contributed by atoms with Gasteiger partial charge in [-0.25, -0.2) is 4.79 Å². The Morgan fingerprint density at radius 2 is 1.89 bits per heavy atom. The number of nitriles is 1. The van der Waals surface area contributed by atoms with E-state index in [1.54, 1.807) is 0 Å². The fourth-order valence-corrected chi connectivity index (χ4v) is 5.40. The summed E-state index contributed by atoms with van der Waals surface area (Å²) in [4.78, 5) is 43.5. The quantitative estimate of drug-likeness (QED) is 0.574. The van der Waals surface area contributed by atoms with Crippen molar-refractivity contribution in [1.29, 1.82) is 5.26 Å². The van der Waals surface area contributed by atoms with Gasteiger partial charge in [0.2, 0.25) is 11.8 Å². The summed E-state index contributed by atoms with van der Waals surface area (Å²) < 4.78 is 5.62. The lowest BCUT2D eigenvalue weighted by molar-refractivity contribution is -0.137. The SMILES string of the molecule is CCCN(C(=O)OCc1ccccc1)[C@@H](CC(C)C)C(=O)N1C[C@]2(CC1C#N)C(=O)Nc1ccccc12. The molecule has 1 fully saturated rings. The molecule has 2 aromatic rings. The highest BCUT2D eigenvalue weighted by molar-refractivity contribution is 6.07. The molecule has 2 aliphatic heterocycles. The number of fused-ring (bicyclic) bond motifs is 2. The van der Waals surface area contributed by atoms with Gasteiger partial charge in [-0.05, 0) is 36.0 Å². The average molecular weight is 503 g/mol. The Labute approximate surface area is 218 Å². The Morgan fingerprint density at radius 3 is 2.57 bits per heavy atom. The molecule has 0 aliphatic carbocycles. The van der Waals surface area contributed by atoms with E-state index in [0.29, 0.717) is 25.1 Å². The van der Waals surface area contributed by atoms with E-state index in [4.69, 9.17) is 4.74 Å². The minimum atomic E-state index is -0.974. The van der Waals surface area contributed by atoms with Crippen molar-refractivity contribution in [3.05, 3.63) is 65.7 Å². The first-order valence-corrected chi connectivity index (χ1v) is 12.9. The van der Waals surface area contributed by atoms with Crippen LogP contribution in [0.15, 0.2) is 54.6 Å². The molecule has 2 aliphatic rings. The van der Waals surface area contributed by atoms with Crippen molar-refractivity contribution in [1.82, 2.24) is 9.80 Å². The van der Waals surface area contributed by atoms with Crippen LogP contribution in [0.2, 0.25) is 0 Å². The van der Waals surface area contributed by atoms with Crippen molar-refractivity contribution in [3.63, 3.8) is 0 Å². The number of nitrogens with one attached hydrogen (secondary N) is 1. The molecule has 8 heteroatoms. The molecule has 3 amide bonds. The number of nitrogens with zero attached hydrogens (tertiary/aromatic N) is 3. The van der Waals surface area contributed by atoms with E-state index in [2.05, 4.69) is 11.4 Å². The molecule has 0 saturated carbocycles. The van der Waals surface area contributed by atoms with Crippen LogP contribution in [-0.2, 0) is 26.3 Å². The molecule has 37 heavy (non-hydrogen) atoms. The molecule has 194 valence electrons. The molecule has 3 atom stereocenters. The molecule has 4 rings (SSSR count). The van der Waals surface area contributed by atoms with E-state index in [1.165, 1.54) is 9.80 Å². The first-order valence-electron chi connectivity index (χ1n) is 12.9. The smallest absolute Gasteiger partial charge is 0.410 e. The Hall–Kier alpha value is -3.86. The minimum Gasteiger partial charge on any atom is -0.445 e.